The van der Waals surface area contributed by atoms with E-state index in [-0.39, 0.29) is 24.2 Å². The molecule has 0 bridgehead atoms. The van der Waals surface area contributed by atoms with E-state index in [9.17, 15) is 9.59 Å². The molecule has 1 unspecified atom stereocenters. The number of hydrogen-bond acceptors (Lipinski definition) is 5. The van der Waals surface area contributed by atoms with Gasteiger partial charge in [0.1, 0.15) is 12.4 Å². The van der Waals surface area contributed by atoms with Gasteiger partial charge < -0.3 is 10.1 Å². The Bertz CT molecular complexity index is 870. The van der Waals surface area contributed by atoms with Crippen molar-refractivity contribution in [3.8, 4) is 0 Å². The molecule has 0 aliphatic carbocycles. The van der Waals surface area contributed by atoms with E-state index in [0.29, 0.717) is 26.3 Å². The Morgan fingerprint density at radius 1 is 1.10 bits per heavy atom. The Kier molecular flexibility index (Phi) is 6.41. The molecular weight excluding hydrogens is 370 g/mol. The Hall–Kier alpha value is -2.45. The molecule has 29 heavy (non-hydrogen) atoms. The zero-order chi connectivity index (χ0) is 20.1. The van der Waals surface area contributed by atoms with Gasteiger partial charge in [0.25, 0.3) is 0 Å². The lowest BCUT2D eigenvalue weighted by atomic mass is 10.0. The standard InChI is InChI=1S/C21H29N5O3/c27-20(16-26-21(28)25-10-6-2-5-9-19(25)23-26)22-15-18(17-7-3-1-4-8-17)24-11-13-29-14-12-24/h1,3-4,7-8,18H,2,5-6,9-16H2,(H,22,27). The zero-order valence-corrected chi connectivity index (χ0v) is 16.8. The van der Waals surface area contributed by atoms with Gasteiger partial charge in [-0.2, -0.15) is 5.10 Å². The highest BCUT2D eigenvalue weighted by Crippen LogP contribution is 2.21. The van der Waals surface area contributed by atoms with Crippen LogP contribution in [0.1, 0.15) is 36.7 Å². The van der Waals surface area contributed by atoms with Crippen LogP contribution in [0.15, 0.2) is 35.1 Å². The van der Waals surface area contributed by atoms with Gasteiger partial charge in [-0.15, -0.1) is 0 Å². The first-order chi connectivity index (χ1) is 14.2. The number of carbonyl (C=O) groups is 1. The van der Waals surface area contributed by atoms with Gasteiger partial charge in [-0.05, 0) is 18.4 Å². The normalized spacial score (nSPS) is 18.6. The molecule has 1 N–H and O–H groups in total. The third kappa shape index (κ3) is 4.76. The van der Waals surface area contributed by atoms with E-state index in [4.69, 9.17) is 4.74 Å². The second kappa shape index (κ2) is 9.37. The first-order valence-corrected chi connectivity index (χ1v) is 10.5. The van der Waals surface area contributed by atoms with E-state index < -0.39 is 0 Å². The summed E-state index contributed by atoms with van der Waals surface area (Å²) in [6, 6.07) is 10.3. The summed E-state index contributed by atoms with van der Waals surface area (Å²) < 4.78 is 8.51. The van der Waals surface area contributed by atoms with Crippen molar-refractivity contribution in [1.29, 1.82) is 0 Å². The number of fused-ring (bicyclic) bond motifs is 1. The molecule has 4 rings (SSSR count). The van der Waals surface area contributed by atoms with Crippen LogP contribution in [-0.4, -0.2) is 58.0 Å². The third-order valence-corrected chi connectivity index (χ3v) is 5.74. The molecule has 0 spiro atoms. The van der Waals surface area contributed by atoms with Gasteiger partial charge in [0.2, 0.25) is 5.91 Å². The van der Waals surface area contributed by atoms with Crippen LogP contribution in [-0.2, 0) is 29.0 Å². The van der Waals surface area contributed by atoms with Crippen LogP contribution in [0.2, 0.25) is 0 Å². The van der Waals surface area contributed by atoms with Crippen molar-refractivity contribution in [1.82, 2.24) is 24.6 Å². The van der Waals surface area contributed by atoms with Crippen LogP contribution in [0.4, 0.5) is 0 Å². The second-order valence-electron chi connectivity index (χ2n) is 7.70. The number of aromatic nitrogens is 3. The van der Waals surface area contributed by atoms with Crippen molar-refractivity contribution in [3.63, 3.8) is 0 Å². The van der Waals surface area contributed by atoms with Gasteiger partial charge in [0.05, 0.1) is 19.3 Å². The average molecular weight is 399 g/mol. The van der Waals surface area contributed by atoms with Crippen molar-refractivity contribution in [2.45, 2.75) is 44.8 Å². The van der Waals surface area contributed by atoms with Gasteiger partial charge in [0, 0.05) is 32.6 Å². The van der Waals surface area contributed by atoms with Crippen molar-refractivity contribution in [2.75, 3.05) is 32.8 Å². The van der Waals surface area contributed by atoms with E-state index in [1.54, 1.807) is 4.57 Å². The Morgan fingerprint density at radius 3 is 2.69 bits per heavy atom. The molecule has 1 saturated heterocycles. The van der Waals surface area contributed by atoms with Crippen LogP contribution in [0, 0.1) is 0 Å². The number of aryl methyl sites for hydroxylation is 1. The fourth-order valence-electron chi connectivity index (χ4n) is 4.15. The highest BCUT2D eigenvalue weighted by atomic mass is 16.5. The summed E-state index contributed by atoms with van der Waals surface area (Å²) in [6.45, 7) is 4.22. The highest BCUT2D eigenvalue weighted by molar-refractivity contribution is 5.75. The lowest BCUT2D eigenvalue weighted by molar-refractivity contribution is -0.122. The average Bonchev–Trinajstić information content (AvgIpc) is 2.91. The molecule has 0 radical (unpaired) electrons. The minimum absolute atomic E-state index is 0.0382. The number of amides is 1. The molecule has 1 amide bonds. The van der Waals surface area contributed by atoms with E-state index in [0.717, 1.165) is 44.6 Å². The quantitative estimate of drug-likeness (QED) is 0.783. The number of rotatable bonds is 6. The molecular formula is C21H29N5O3. The highest BCUT2D eigenvalue weighted by Gasteiger charge is 2.23. The van der Waals surface area contributed by atoms with E-state index in [1.165, 1.54) is 10.2 Å². The lowest BCUT2D eigenvalue weighted by Crippen LogP contribution is -2.44. The number of hydrogen-bond donors (Lipinski definition) is 1. The molecule has 1 fully saturated rings. The number of nitrogens with one attached hydrogen (secondary N) is 1. The van der Waals surface area contributed by atoms with Crippen LogP contribution >= 0.6 is 0 Å². The number of benzene rings is 1. The number of nitrogens with zero attached hydrogens (tertiary/aromatic N) is 4. The fraction of sp³-hybridized carbons (Fsp3) is 0.571. The molecule has 8 heteroatoms. The van der Waals surface area contributed by atoms with E-state index in [2.05, 4.69) is 27.4 Å². The summed E-state index contributed by atoms with van der Waals surface area (Å²) in [5.41, 5.74) is 0.991. The maximum Gasteiger partial charge on any atom is 0.346 e. The molecule has 8 nitrogen and oxygen atoms in total. The smallest absolute Gasteiger partial charge is 0.346 e. The Balaban J connectivity index is 1.41. The van der Waals surface area contributed by atoms with Gasteiger partial charge in [-0.3, -0.25) is 14.3 Å². The fourth-order valence-corrected chi connectivity index (χ4v) is 4.15. The molecule has 0 saturated carbocycles. The number of morpholine rings is 1. The predicted molar refractivity (Wildman–Crippen MR) is 109 cm³/mol. The monoisotopic (exact) mass is 399 g/mol. The minimum atomic E-state index is -0.186. The molecule has 2 aromatic rings. The first-order valence-electron chi connectivity index (χ1n) is 10.5. The summed E-state index contributed by atoms with van der Waals surface area (Å²) in [4.78, 5) is 27.5. The lowest BCUT2D eigenvalue weighted by Gasteiger charge is -2.34. The van der Waals surface area contributed by atoms with Crippen molar-refractivity contribution < 1.29 is 9.53 Å². The second-order valence-corrected chi connectivity index (χ2v) is 7.70. The maximum absolute atomic E-state index is 12.6. The van der Waals surface area contributed by atoms with Gasteiger partial charge >= 0.3 is 5.69 Å². The molecule has 1 aromatic carbocycles. The summed E-state index contributed by atoms with van der Waals surface area (Å²) >= 11 is 0. The molecule has 1 atom stereocenters. The van der Waals surface area contributed by atoms with Crippen LogP contribution in [0.5, 0.6) is 0 Å². The first kappa shape index (κ1) is 19.8. The summed E-state index contributed by atoms with van der Waals surface area (Å²) in [5, 5.41) is 7.42. The maximum atomic E-state index is 12.6. The molecule has 3 heterocycles. The Labute approximate surface area is 170 Å². The summed E-state index contributed by atoms with van der Waals surface area (Å²) in [7, 11) is 0. The molecule has 156 valence electrons. The van der Waals surface area contributed by atoms with Crippen LogP contribution in [0.25, 0.3) is 0 Å². The van der Waals surface area contributed by atoms with E-state index in [1.807, 2.05) is 18.2 Å². The van der Waals surface area contributed by atoms with Crippen molar-refractivity contribution in [3.05, 3.63) is 52.2 Å². The third-order valence-electron chi connectivity index (χ3n) is 5.74. The van der Waals surface area contributed by atoms with Crippen LogP contribution in [0.3, 0.4) is 0 Å². The van der Waals surface area contributed by atoms with Gasteiger partial charge in [0.15, 0.2) is 0 Å². The molecule has 2 aliphatic heterocycles. The topological polar surface area (TPSA) is 81.4 Å². The SMILES string of the molecule is O=C(Cn1nc2n(c1=O)CCCCC2)NCC(c1ccccc1)N1CCOCC1. The zero-order valence-electron chi connectivity index (χ0n) is 16.8. The minimum Gasteiger partial charge on any atom is -0.379 e. The van der Waals surface area contributed by atoms with Gasteiger partial charge in [-0.1, -0.05) is 36.8 Å². The van der Waals surface area contributed by atoms with Crippen LogP contribution < -0.4 is 11.0 Å². The molecule has 1 aromatic heterocycles. The van der Waals surface area contributed by atoms with Crippen molar-refractivity contribution >= 4 is 5.91 Å². The van der Waals surface area contributed by atoms with Crippen molar-refractivity contribution in [2.24, 2.45) is 0 Å². The largest absolute Gasteiger partial charge is 0.379 e. The number of ether oxygens (including phenoxy) is 1. The van der Waals surface area contributed by atoms with Gasteiger partial charge in [-0.25, -0.2) is 9.48 Å². The molecule has 2 aliphatic rings. The predicted octanol–water partition coefficient (Wildman–Crippen LogP) is 0.961. The van der Waals surface area contributed by atoms with E-state index >= 15 is 0 Å². The summed E-state index contributed by atoms with van der Waals surface area (Å²) in [5.74, 6) is 0.616. The Morgan fingerprint density at radius 2 is 1.90 bits per heavy atom. The summed E-state index contributed by atoms with van der Waals surface area (Å²) in [6.07, 6.45) is 3.95. The number of carbonyl (C=O) groups excluding carboxylic acids is 1.